The molecule has 8 nitrogen and oxygen atoms in total. The third-order valence-electron chi connectivity index (χ3n) is 7.68. The lowest BCUT2D eigenvalue weighted by Gasteiger charge is -2.17. The van der Waals surface area contributed by atoms with Gasteiger partial charge in [-0.2, -0.15) is 5.26 Å². The molecule has 1 aliphatic carbocycles. The van der Waals surface area contributed by atoms with Gasteiger partial charge in [-0.25, -0.2) is 0 Å². The van der Waals surface area contributed by atoms with Gasteiger partial charge in [0.2, 0.25) is 5.91 Å². The number of nitrogens with one attached hydrogen (secondary N) is 3. The Hall–Kier alpha value is -4.85. The van der Waals surface area contributed by atoms with Gasteiger partial charge < -0.3 is 20.7 Å². The Morgan fingerprint density at radius 2 is 1.83 bits per heavy atom. The Labute approximate surface area is 283 Å². The smallest absolute Gasteiger partial charge is 0.272 e. The predicted molar refractivity (Wildman–Crippen MR) is 189 cm³/mol. The first kappa shape index (κ1) is 33.5. The van der Waals surface area contributed by atoms with Crippen molar-refractivity contribution >= 4 is 57.6 Å². The number of hydrogen-bond donors (Lipinski definition) is 3. The fourth-order valence-electron chi connectivity index (χ4n) is 5.26. The summed E-state index contributed by atoms with van der Waals surface area (Å²) in [5.74, 6) is 0.00351. The lowest BCUT2D eigenvalue weighted by Crippen LogP contribution is -2.30. The van der Waals surface area contributed by atoms with Crippen LogP contribution in [-0.2, 0) is 22.4 Å². The maximum absolute atomic E-state index is 13.6. The fraction of sp³-hybridized carbons (Fsp3) is 0.243. The van der Waals surface area contributed by atoms with Gasteiger partial charge in [-0.1, -0.05) is 49.4 Å². The predicted octanol–water partition coefficient (Wildman–Crippen LogP) is 7.67. The zero-order chi connectivity index (χ0) is 33.3. The molecule has 0 aliphatic heterocycles. The van der Waals surface area contributed by atoms with Crippen molar-refractivity contribution in [2.75, 3.05) is 17.2 Å². The van der Waals surface area contributed by atoms with Crippen LogP contribution in [0.15, 0.2) is 89.5 Å². The summed E-state index contributed by atoms with van der Waals surface area (Å²) >= 11 is 2.85. The molecule has 47 heavy (non-hydrogen) atoms. The van der Waals surface area contributed by atoms with Gasteiger partial charge in [0.05, 0.1) is 17.4 Å². The molecule has 4 aromatic rings. The van der Waals surface area contributed by atoms with Crippen molar-refractivity contribution in [2.24, 2.45) is 5.92 Å². The third kappa shape index (κ3) is 8.50. The van der Waals surface area contributed by atoms with Gasteiger partial charge in [0.15, 0.2) is 0 Å². The number of benzene rings is 3. The monoisotopic (exact) mass is 664 g/mol. The van der Waals surface area contributed by atoms with E-state index in [2.05, 4.69) is 28.9 Å². The number of thioether (sulfide) groups is 1. The molecular weight excluding hydrogens is 629 g/mol. The second-order valence-electron chi connectivity index (χ2n) is 11.2. The van der Waals surface area contributed by atoms with Gasteiger partial charge in [0.1, 0.15) is 22.5 Å². The zero-order valence-electron chi connectivity index (χ0n) is 26.5. The number of thiophene rings is 1. The standard InChI is InChI=1S/C37H36N4O4S2/c1-4-45-32-16-9-8-13-26(32)20-31(40-35(43)25-11-6-5-7-12-25)36(44)39-27-14-10-15-28(21-27)46-24(3)34(42)41-37-30(22-38)29-18-17-23(2)19-33(29)47-37/h5-16,20-21,23-24H,4,17-19H2,1-3H3,(H,39,44)(H,40,43)(H,41,42)/b31-20+. The van der Waals surface area contributed by atoms with Crippen molar-refractivity contribution in [3.8, 4) is 11.8 Å². The number of nitrogens with zero attached hydrogens (tertiary/aromatic N) is 1. The van der Waals surface area contributed by atoms with Crippen molar-refractivity contribution in [3.05, 3.63) is 112 Å². The number of ether oxygens (including phenoxy) is 1. The lowest BCUT2D eigenvalue weighted by atomic mass is 9.89. The molecule has 1 heterocycles. The van der Waals surface area contributed by atoms with Crippen LogP contribution in [0.3, 0.4) is 0 Å². The number of para-hydroxylation sites is 1. The number of amides is 3. The summed E-state index contributed by atoms with van der Waals surface area (Å²) in [6.45, 7) is 6.34. The number of anilines is 2. The number of nitriles is 1. The quantitative estimate of drug-likeness (QED) is 0.112. The maximum Gasteiger partial charge on any atom is 0.272 e. The second kappa shape index (κ2) is 15.6. The summed E-state index contributed by atoms with van der Waals surface area (Å²) < 4.78 is 5.73. The molecule has 0 spiro atoms. The highest BCUT2D eigenvalue weighted by molar-refractivity contribution is 8.00. The molecule has 0 saturated carbocycles. The summed E-state index contributed by atoms with van der Waals surface area (Å²) in [5, 5.41) is 18.6. The molecule has 2 atom stereocenters. The van der Waals surface area contributed by atoms with Crippen molar-refractivity contribution in [3.63, 3.8) is 0 Å². The molecule has 0 radical (unpaired) electrons. The molecule has 0 saturated heterocycles. The topological polar surface area (TPSA) is 120 Å². The third-order valence-corrected chi connectivity index (χ3v) is 9.95. The van der Waals surface area contributed by atoms with Crippen LogP contribution in [0.1, 0.15) is 59.1 Å². The summed E-state index contributed by atoms with van der Waals surface area (Å²) in [7, 11) is 0. The Bertz CT molecular complexity index is 1840. The van der Waals surface area contributed by atoms with Gasteiger partial charge in [0.25, 0.3) is 11.8 Å². The highest BCUT2D eigenvalue weighted by Crippen LogP contribution is 2.39. The van der Waals surface area contributed by atoms with E-state index in [0.29, 0.717) is 45.7 Å². The van der Waals surface area contributed by atoms with E-state index in [0.717, 1.165) is 29.7 Å². The first-order valence-corrected chi connectivity index (χ1v) is 17.2. The number of hydrogen-bond acceptors (Lipinski definition) is 7. The maximum atomic E-state index is 13.6. The van der Waals surface area contributed by atoms with Gasteiger partial charge in [0, 0.05) is 26.6 Å². The van der Waals surface area contributed by atoms with E-state index in [-0.39, 0.29) is 11.6 Å². The molecule has 3 amide bonds. The van der Waals surface area contributed by atoms with Gasteiger partial charge >= 0.3 is 0 Å². The minimum Gasteiger partial charge on any atom is -0.493 e. The van der Waals surface area contributed by atoms with Gasteiger partial charge in [-0.15, -0.1) is 23.1 Å². The van der Waals surface area contributed by atoms with E-state index in [1.807, 2.05) is 44.2 Å². The summed E-state index contributed by atoms with van der Waals surface area (Å²) in [5.41, 5.74) is 3.24. The van der Waals surface area contributed by atoms with Gasteiger partial charge in [-0.05, 0) is 87.1 Å². The van der Waals surface area contributed by atoms with Crippen LogP contribution < -0.4 is 20.7 Å². The summed E-state index contributed by atoms with van der Waals surface area (Å²) in [6, 6.07) is 25.4. The molecular formula is C37H36N4O4S2. The SMILES string of the molecule is CCOc1ccccc1/C=C(/NC(=O)c1ccccc1)C(=O)Nc1cccc(SC(C)C(=O)Nc2sc3c(c2C#N)CCC(C)C3)c1. The second-order valence-corrected chi connectivity index (χ2v) is 13.8. The van der Waals surface area contributed by atoms with Crippen molar-refractivity contribution in [1.29, 1.82) is 5.26 Å². The molecule has 1 aromatic heterocycles. The van der Waals surface area contributed by atoms with E-state index in [1.54, 1.807) is 54.6 Å². The van der Waals surface area contributed by atoms with Crippen molar-refractivity contribution in [1.82, 2.24) is 5.32 Å². The van der Waals surface area contributed by atoms with Crippen molar-refractivity contribution < 1.29 is 19.1 Å². The van der Waals surface area contributed by atoms with E-state index in [4.69, 9.17) is 4.74 Å². The molecule has 2 unspecified atom stereocenters. The van der Waals surface area contributed by atoms with Crippen LogP contribution in [0, 0.1) is 17.2 Å². The summed E-state index contributed by atoms with van der Waals surface area (Å²) in [4.78, 5) is 41.9. The largest absolute Gasteiger partial charge is 0.493 e. The molecule has 3 aromatic carbocycles. The molecule has 1 aliphatic rings. The lowest BCUT2D eigenvalue weighted by molar-refractivity contribution is -0.115. The van der Waals surface area contributed by atoms with Gasteiger partial charge in [-0.3, -0.25) is 14.4 Å². The average Bonchev–Trinajstić information content (AvgIpc) is 3.41. The van der Waals surface area contributed by atoms with Crippen LogP contribution >= 0.6 is 23.1 Å². The van der Waals surface area contributed by atoms with E-state index in [9.17, 15) is 19.6 Å². The number of fused-ring (bicyclic) bond motifs is 1. The molecule has 0 bridgehead atoms. The number of carbonyl (C=O) groups is 3. The molecule has 3 N–H and O–H groups in total. The highest BCUT2D eigenvalue weighted by atomic mass is 32.2. The molecule has 240 valence electrons. The first-order valence-electron chi connectivity index (χ1n) is 15.5. The molecule has 5 rings (SSSR count). The van der Waals surface area contributed by atoms with E-state index in [1.165, 1.54) is 28.0 Å². The fourth-order valence-corrected chi connectivity index (χ4v) is 7.55. The minimum atomic E-state index is -0.520. The Balaban J connectivity index is 1.30. The average molecular weight is 665 g/mol. The molecule has 0 fully saturated rings. The zero-order valence-corrected chi connectivity index (χ0v) is 28.1. The number of rotatable bonds is 11. The van der Waals surface area contributed by atoms with E-state index >= 15 is 0 Å². The Morgan fingerprint density at radius 1 is 1.06 bits per heavy atom. The normalized spacial score (nSPS) is 14.7. The first-order chi connectivity index (χ1) is 22.7. The summed E-state index contributed by atoms with van der Waals surface area (Å²) in [6.07, 6.45) is 4.42. The molecule has 10 heteroatoms. The van der Waals surface area contributed by atoms with Crippen LogP contribution in [0.2, 0.25) is 0 Å². The highest BCUT2D eigenvalue weighted by Gasteiger charge is 2.26. The minimum absolute atomic E-state index is 0.0399. The Morgan fingerprint density at radius 3 is 2.60 bits per heavy atom. The van der Waals surface area contributed by atoms with Crippen molar-refractivity contribution in [2.45, 2.75) is 50.2 Å². The van der Waals surface area contributed by atoms with E-state index < -0.39 is 17.1 Å². The Kier molecular flexibility index (Phi) is 11.1. The number of carbonyl (C=O) groups excluding carboxylic acids is 3. The van der Waals surface area contributed by atoms with Crippen LogP contribution in [0.25, 0.3) is 6.08 Å². The van der Waals surface area contributed by atoms with Crippen LogP contribution in [0.4, 0.5) is 10.7 Å². The van der Waals surface area contributed by atoms with Crippen LogP contribution in [0.5, 0.6) is 5.75 Å². The van der Waals surface area contributed by atoms with Crippen LogP contribution in [-0.4, -0.2) is 29.6 Å².